The van der Waals surface area contributed by atoms with Gasteiger partial charge in [-0.1, -0.05) is 6.07 Å². The fourth-order valence-electron chi connectivity index (χ4n) is 5.31. The van der Waals surface area contributed by atoms with Crippen LogP contribution in [0.15, 0.2) is 35.3 Å². The largest absolute Gasteiger partial charge is 0.381 e. The van der Waals surface area contributed by atoms with E-state index in [1.165, 1.54) is 0 Å². The molecule has 0 bridgehead atoms. The van der Waals surface area contributed by atoms with E-state index in [-0.39, 0.29) is 29.1 Å². The van der Waals surface area contributed by atoms with Gasteiger partial charge in [-0.05, 0) is 36.6 Å². The van der Waals surface area contributed by atoms with Gasteiger partial charge in [0.25, 0.3) is 11.5 Å². The molecule has 7 rings (SSSR count). The number of carbonyl (C=O) groups is 1. The van der Waals surface area contributed by atoms with Crippen molar-refractivity contribution in [3.63, 3.8) is 0 Å². The summed E-state index contributed by atoms with van der Waals surface area (Å²) in [5, 5.41) is 8.59. The van der Waals surface area contributed by atoms with Gasteiger partial charge in [0, 0.05) is 36.5 Å². The van der Waals surface area contributed by atoms with Crippen LogP contribution in [0.5, 0.6) is 0 Å². The predicted molar refractivity (Wildman–Crippen MR) is 110 cm³/mol. The number of nitrogens with zero attached hydrogens (tertiary/aromatic N) is 5. The van der Waals surface area contributed by atoms with Crippen LogP contribution in [0.4, 0.5) is 0 Å². The second kappa shape index (κ2) is 5.98. The summed E-state index contributed by atoms with van der Waals surface area (Å²) in [5.41, 5.74) is 4.96. The number of benzene rings is 1. The Labute approximate surface area is 175 Å². The first-order valence-electron chi connectivity index (χ1n) is 10.5. The Morgan fingerprint density at radius 2 is 1.97 bits per heavy atom. The van der Waals surface area contributed by atoms with Crippen molar-refractivity contribution in [3.8, 4) is 0 Å². The van der Waals surface area contributed by atoms with Gasteiger partial charge in [-0.25, -0.2) is 0 Å². The molecule has 9 heteroatoms. The molecule has 1 fully saturated rings. The third-order valence-corrected chi connectivity index (χ3v) is 6.77. The Morgan fingerprint density at radius 1 is 1.10 bits per heavy atom. The monoisotopic (exact) mass is 414 g/mol. The van der Waals surface area contributed by atoms with Crippen molar-refractivity contribution in [2.75, 3.05) is 13.2 Å². The number of H-pyrrole nitrogens is 1. The lowest BCUT2D eigenvalue weighted by atomic mass is 9.97. The van der Waals surface area contributed by atoms with Gasteiger partial charge in [0.2, 0.25) is 5.65 Å². The molecule has 0 aliphatic carbocycles. The first-order valence-corrected chi connectivity index (χ1v) is 10.5. The van der Waals surface area contributed by atoms with Crippen molar-refractivity contribution >= 4 is 22.6 Å². The van der Waals surface area contributed by atoms with Gasteiger partial charge < -0.3 is 14.6 Å². The van der Waals surface area contributed by atoms with Gasteiger partial charge in [0.15, 0.2) is 0 Å². The van der Waals surface area contributed by atoms with E-state index in [1.54, 1.807) is 12.3 Å². The molecular weight excluding hydrogens is 396 g/mol. The summed E-state index contributed by atoms with van der Waals surface area (Å²) in [7, 11) is 0. The molecule has 1 N–H and O–H groups in total. The number of fused-ring (bicyclic) bond motifs is 8. The third-order valence-electron chi connectivity index (χ3n) is 6.77. The van der Waals surface area contributed by atoms with Crippen LogP contribution in [0.2, 0.25) is 0 Å². The minimum atomic E-state index is -0.307. The molecule has 1 saturated heterocycles. The lowest BCUT2D eigenvalue weighted by molar-refractivity contribution is 0.0758. The molecule has 1 amide bonds. The maximum absolute atomic E-state index is 13.2. The SMILES string of the molecule is O=C1c2cc3[nH]c(=O)c4nnc(C5CCOCC5)n4c3cc2C2c3cccnc3CN12. The van der Waals surface area contributed by atoms with Crippen LogP contribution in [-0.2, 0) is 11.3 Å². The van der Waals surface area contributed by atoms with Crippen LogP contribution >= 0.6 is 0 Å². The van der Waals surface area contributed by atoms with Crippen LogP contribution in [0.1, 0.15) is 57.8 Å². The van der Waals surface area contributed by atoms with E-state index in [0.717, 1.165) is 41.0 Å². The molecule has 0 spiro atoms. The molecule has 9 nitrogen and oxygen atoms in total. The molecule has 3 aliphatic rings. The molecule has 3 aromatic heterocycles. The summed E-state index contributed by atoms with van der Waals surface area (Å²) >= 11 is 0. The highest BCUT2D eigenvalue weighted by molar-refractivity contribution is 6.03. The second-order valence-corrected chi connectivity index (χ2v) is 8.39. The standard InChI is InChI=1S/C22H18N6O3/c29-21-20-26-25-19(11-3-6-31-7-4-11)28(20)17-9-13-14(8-15(17)24-21)22(30)27-10-16-12(18(13)27)2-1-5-23-16/h1-2,5,8-9,11,18H,3-4,6-7,10H2,(H,24,29). The highest BCUT2D eigenvalue weighted by atomic mass is 16.5. The molecule has 154 valence electrons. The van der Waals surface area contributed by atoms with Gasteiger partial charge in [0.1, 0.15) is 5.82 Å². The number of pyridine rings is 1. The summed E-state index contributed by atoms with van der Waals surface area (Å²) in [6.45, 7) is 1.84. The van der Waals surface area contributed by atoms with Gasteiger partial charge >= 0.3 is 0 Å². The lowest BCUT2D eigenvalue weighted by Crippen LogP contribution is -2.22. The minimum Gasteiger partial charge on any atom is -0.381 e. The number of hydrogen-bond acceptors (Lipinski definition) is 6. The number of ether oxygens (including phenoxy) is 1. The fourth-order valence-corrected chi connectivity index (χ4v) is 5.31. The van der Waals surface area contributed by atoms with E-state index in [0.29, 0.717) is 30.8 Å². The average Bonchev–Trinajstić information content (AvgIpc) is 3.47. The third kappa shape index (κ3) is 2.21. The molecule has 1 aromatic carbocycles. The Bertz CT molecular complexity index is 1470. The van der Waals surface area contributed by atoms with Crippen molar-refractivity contribution in [3.05, 3.63) is 69.0 Å². The smallest absolute Gasteiger partial charge is 0.294 e. The summed E-state index contributed by atoms with van der Waals surface area (Å²) in [6, 6.07) is 7.61. The average molecular weight is 414 g/mol. The Balaban J connectivity index is 1.51. The minimum absolute atomic E-state index is 0.0331. The van der Waals surface area contributed by atoms with Crippen molar-refractivity contribution in [1.29, 1.82) is 0 Å². The van der Waals surface area contributed by atoms with E-state index < -0.39 is 0 Å². The second-order valence-electron chi connectivity index (χ2n) is 8.39. The molecular formula is C22H18N6O3. The van der Waals surface area contributed by atoms with Crippen LogP contribution < -0.4 is 5.56 Å². The van der Waals surface area contributed by atoms with E-state index in [1.807, 2.05) is 27.5 Å². The Hall–Kier alpha value is -3.59. The first-order chi connectivity index (χ1) is 15.2. The number of hydrogen-bond donors (Lipinski definition) is 1. The van der Waals surface area contributed by atoms with Crippen LogP contribution in [0.25, 0.3) is 16.7 Å². The maximum Gasteiger partial charge on any atom is 0.294 e. The van der Waals surface area contributed by atoms with Gasteiger partial charge in [-0.2, -0.15) is 0 Å². The first kappa shape index (κ1) is 17.1. The number of aromatic amines is 1. The van der Waals surface area contributed by atoms with E-state index in [2.05, 4.69) is 20.2 Å². The van der Waals surface area contributed by atoms with Crippen LogP contribution in [-0.4, -0.2) is 48.6 Å². The quantitative estimate of drug-likeness (QED) is 0.510. The van der Waals surface area contributed by atoms with Crippen LogP contribution in [0, 0.1) is 0 Å². The fraction of sp³-hybridized carbons (Fsp3) is 0.318. The Kier molecular flexibility index (Phi) is 3.30. The molecule has 6 heterocycles. The van der Waals surface area contributed by atoms with Gasteiger partial charge in [-0.15, -0.1) is 10.2 Å². The summed E-state index contributed by atoms with van der Waals surface area (Å²) in [6.07, 6.45) is 3.44. The van der Waals surface area contributed by atoms with Crippen LogP contribution in [0.3, 0.4) is 0 Å². The van der Waals surface area contributed by atoms with Crippen molar-refractivity contribution in [2.24, 2.45) is 0 Å². The maximum atomic E-state index is 13.2. The molecule has 3 aliphatic heterocycles. The number of rotatable bonds is 1. The van der Waals surface area contributed by atoms with Gasteiger partial charge in [0.05, 0.1) is 29.3 Å². The zero-order valence-corrected chi connectivity index (χ0v) is 16.5. The molecule has 0 radical (unpaired) electrons. The molecule has 31 heavy (non-hydrogen) atoms. The van der Waals surface area contributed by atoms with E-state index >= 15 is 0 Å². The molecule has 1 unspecified atom stereocenters. The predicted octanol–water partition coefficient (Wildman–Crippen LogP) is 1.92. The lowest BCUT2D eigenvalue weighted by Gasteiger charge is -2.21. The number of amides is 1. The van der Waals surface area contributed by atoms with Crippen molar-refractivity contribution in [1.82, 2.24) is 29.5 Å². The summed E-state index contributed by atoms with van der Waals surface area (Å²) in [4.78, 5) is 35.1. The van der Waals surface area contributed by atoms with Crippen molar-refractivity contribution in [2.45, 2.75) is 31.3 Å². The highest BCUT2D eigenvalue weighted by Crippen LogP contribution is 2.45. The van der Waals surface area contributed by atoms with Crippen molar-refractivity contribution < 1.29 is 9.53 Å². The Morgan fingerprint density at radius 3 is 2.84 bits per heavy atom. The zero-order chi connectivity index (χ0) is 20.7. The molecule has 1 atom stereocenters. The molecule has 0 saturated carbocycles. The number of aromatic nitrogens is 5. The number of nitrogens with one attached hydrogen (secondary N) is 1. The van der Waals surface area contributed by atoms with E-state index in [9.17, 15) is 9.59 Å². The van der Waals surface area contributed by atoms with E-state index in [4.69, 9.17) is 4.74 Å². The summed E-state index contributed by atoms with van der Waals surface area (Å²) in [5.74, 6) is 0.926. The number of carbonyl (C=O) groups excluding carboxylic acids is 1. The zero-order valence-electron chi connectivity index (χ0n) is 16.5. The van der Waals surface area contributed by atoms with Gasteiger partial charge in [-0.3, -0.25) is 19.0 Å². The normalized spacial score (nSPS) is 20.5. The molecule has 4 aromatic rings. The topological polar surface area (TPSA) is 105 Å². The summed E-state index contributed by atoms with van der Waals surface area (Å²) < 4.78 is 7.37. The highest BCUT2D eigenvalue weighted by Gasteiger charge is 2.44.